The van der Waals surface area contributed by atoms with E-state index < -0.39 is 0 Å². The first-order valence-corrected chi connectivity index (χ1v) is 5.11. The van der Waals surface area contributed by atoms with Crippen molar-refractivity contribution >= 4 is 50.2 Å². The van der Waals surface area contributed by atoms with Gasteiger partial charge in [0.05, 0.1) is 22.2 Å². The number of thiol groups is 1. The third-order valence-electron chi connectivity index (χ3n) is 1.40. The van der Waals surface area contributed by atoms with Gasteiger partial charge in [0.2, 0.25) is 0 Å². The number of nitrogens with two attached hydrogens (primary N) is 1. The third kappa shape index (κ3) is 1.72. The first-order valence-electron chi connectivity index (χ1n) is 3.08. The monoisotopic (exact) mass is 311 g/mol. The van der Waals surface area contributed by atoms with Crippen LogP contribution in [0.4, 0.5) is 5.69 Å². The second kappa shape index (κ2) is 3.89. The molecule has 0 saturated heterocycles. The Kier molecular flexibility index (Phi) is 3.31. The topological polar surface area (TPSA) is 35.2 Å². The van der Waals surface area contributed by atoms with Gasteiger partial charge in [-0.05, 0) is 37.9 Å². The van der Waals surface area contributed by atoms with Crippen molar-refractivity contribution in [2.24, 2.45) is 0 Å². The molecule has 2 N–H and O–H groups in total. The van der Waals surface area contributed by atoms with Crippen molar-refractivity contribution in [1.82, 2.24) is 0 Å². The summed E-state index contributed by atoms with van der Waals surface area (Å²) >= 11 is 10.9. The molecule has 5 heteroatoms. The maximum atomic E-state index is 5.70. The predicted octanol–water partition coefficient (Wildman–Crippen LogP) is 3.09. The molecule has 0 bridgehead atoms. The molecule has 2 nitrogen and oxygen atoms in total. The van der Waals surface area contributed by atoms with Crippen LogP contribution in [0.2, 0.25) is 0 Å². The number of ether oxygens (including phenoxy) is 1. The van der Waals surface area contributed by atoms with Gasteiger partial charge in [-0.2, -0.15) is 0 Å². The van der Waals surface area contributed by atoms with E-state index in [4.69, 9.17) is 10.5 Å². The zero-order valence-electron chi connectivity index (χ0n) is 6.27. The predicted molar refractivity (Wildman–Crippen MR) is 60.1 cm³/mol. The molecule has 1 aromatic rings. The molecule has 0 aliphatic carbocycles. The number of methoxy groups -OCH3 is 1. The molecule has 0 amide bonds. The maximum Gasteiger partial charge on any atom is 0.148 e. The summed E-state index contributed by atoms with van der Waals surface area (Å²) in [6.45, 7) is 0. The molecule has 0 aliphatic heterocycles. The van der Waals surface area contributed by atoms with Crippen molar-refractivity contribution < 1.29 is 4.74 Å². The van der Waals surface area contributed by atoms with E-state index in [9.17, 15) is 0 Å². The van der Waals surface area contributed by atoms with E-state index in [1.165, 1.54) is 0 Å². The average Bonchev–Trinajstić information content (AvgIpc) is 2.01. The highest BCUT2D eigenvalue weighted by Gasteiger charge is 2.10. The Morgan fingerprint density at radius 1 is 1.42 bits per heavy atom. The molecule has 0 unspecified atom stereocenters. The zero-order valence-corrected chi connectivity index (χ0v) is 10.3. The van der Waals surface area contributed by atoms with Gasteiger partial charge in [0, 0.05) is 4.47 Å². The molecule has 0 aromatic heterocycles. The summed E-state index contributed by atoms with van der Waals surface area (Å²) in [6.07, 6.45) is 0. The highest BCUT2D eigenvalue weighted by atomic mass is 79.9. The van der Waals surface area contributed by atoms with Gasteiger partial charge in [-0.3, -0.25) is 0 Å². The van der Waals surface area contributed by atoms with Crippen molar-refractivity contribution in [1.29, 1.82) is 0 Å². The number of hydrogen-bond donors (Lipinski definition) is 2. The number of anilines is 1. The molecule has 0 atom stereocenters. The smallest absolute Gasteiger partial charge is 0.148 e. The van der Waals surface area contributed by atoms with Crippen LogP contribution in [0.3, 0.4) is 0 Å². The van der Waals surface area contributed by atoms with Gasteiger partial charge in [-0.15, -0.1) is 12.6 Å². The van der Waals surface area contributed by atoms with Crippen LogP contribution in [-0.2, 0) is 0 Å². The quantitative estimate of drug-likeness (QED) is 0.617. The fourth-order valence-electron chi connectivity index (χ4n) is 0.797. The van der Waals surface area contributed by atoms with Crippen molar-refractivity contribution in [3.8, 4) is 5.75 Å². The lowest BCUT2D eigenvalue weighted by molar-refractivity contribution is 0.402. The van der Waals surface area contributed by atoms with Crippen molar-refractivity contribution in [3.05, 3.63) is 15.0 Å². The molecule has 12 heavy (non-hydrogen) atoms. The molecule has 0 fully saturated rings. The lowest BCUT2D eigenvalue weighted by Gasteiger charge is -2.09. The summed E-state index contributed by atoms with van der Waals surface area (Å²) in [5, 5.41) is 0. The number of nitrogen functional groups attached to an aromatic ring is 1. The summed E-state index contributed by atoms with van der Waals surface area (Å²) in [4.78, 5) is 0.638. The van der Waals surface area contributed by atoms with Crippen molar-refractivity contribution in [3.63, 3.8) is 0 Å². The second-order valence-electron chi connectivity index (χ2n) is 2.14. The second-order valence-corrected chi connectivity index (χ2v) is 4.29. The molecule has 0 aliphatic rings. The molecule has 1 rings (SSSR count). The maximum absolute atomic E-state index is 5.70. The fraction of sp³-hybridized carbons (Fsp3) is 0.143. The molecule has 0 saturated carbocycles. The largest absolute Gasteiger partial charge is 0.494 e. The highest BCUT2D eigenvalue weighted by Crippen LogP contribution is 2.40. The van der Waals surface area contributed by atoms with E-state index in [1.807, 2.05) is 6.07 Å². The van der Waals surface area contributed by atoms with E-state index in [2.05, 4.69) is 44.5 Å². The molecule has 0 radical (unpaired) electrons. The van der Waals surface area contributed by atoms with Crippen LogP contribution in [0.5, 0.6) is 5.75 Å². The van der Waals surface area contributed by atoms with E-state index in [-0.39, 0.29) is 0 Å². The zero-order chi connectivity index (χ0) is 9.30. The van der Waals surface area contributed by atoms with Gasteiger partial charge in [0.1, 0.15) is 5.75 Å². The summed E-state index contributed by atoms with van der Waals surface area (Å²) in [5.41, 5.74) is 6.28. The lowest BCUT2D eigenvalue weighted by atomic mass is 10.3. The van der Waals surface area contributed by atoms with Gasteiger partial charge in [0.15, 0.2) is 0 Å². The Morgan fingerprint density at radius 2 is 2.00 bits per heavy atom. The summed E-state index contributed by atoms with van der Waals surface area (Å²) in [7, 11) is 1.58. The van der Waals surface area contributed by atoms with E-state index in [0.717, 1.165) is 8.95 Å². The number of halogens is 2. The van der Waals surface area contributed by atoms with E-state index in [0.29, 0.717) is 16.3 Å². The van der Waals surface area contributed by atoms with Gasteiger partial charge >= 0.3 is 0 Å². The van der Waals surface area contributed by atoms with Crippen molar-refractivity contribution in [2.75, 3.05) is 12.8 Å². The van der Waals surface area contributed by atoms with Crippen LogP contribution in [0.1, 0.15) is 0 Å². The van der Waals surface area contributed by atoms with Crippen LogP contribution < -0.4 is 10.5 Å². The number of rotatable bonds is 1. The Bertz CT molecular complexity index is 317. The fourth-order valence-corrected chi connectivity index (χ4v) is 2.76. The minimum absolute atomic E-state index is 0.582. The summed E-state index contributed by atoms with van der Waals surface area (Å²) < 4.78 is 6.72. The van der Waals surface area contributed by atoms with Crippen LogP contribution in [-0.4, -0.2) is 7.11 Å². The Labute approximate surface area is 93.1 Å². The van der Waals surface area contributed by atoms with Gasteiger partial charge in [0.25, 0.3) is 0 Å². The molecule has 1 aromatic carbocycles. The summed E-state index contributed by atoms with van der Waals surface area (Å²) in [6, 6.07) is 1.83. The first kappa shape index (κ1) is 10.2. The lowest BCUT2D eigenvalue weighted by Crippen LogP contribution is -1.93. The van der Waals surface area contributed by atoms with Crippen LogP contribution in [0.25, 0.3) is 0 Å². The average molecular weight is 313 g/mol. The molecule has 0 spiro atoms. The Balaban J connectivity index is 3.40. The SMILES string of the molecule is COc1c(Br)cc(Br)c(N)c1S. The minimum Gasteiger partial charge on any atom is -0.494 e. The number of benzene rings is 1. The third-order valence-corrected chi connectivity index (χ3v) is 3.09. The molecular formula is C7H7Br2NOS. The van der Waals surface area contributed by atoms with E-state index in [1.54, 1.807) is 7.11 Å². The van der Waals surface area contributed by atoms with Gasteiger partial charge in [-0.25, -0.2) is 0 Å². The number of hydrogen-bond acceptors (Lipinski definition) is 3. The standard InChI is InChI=1S/C7H7Br2NOS/c1-11-6-4(9)2-3(8)5(10)7(6)12/h2,12H,10H2,1H3. The summed E-state index contributed by atoms with van der Waals surface area (Å²) in [5.74, 6) is 0.652. The van der Waals surface area contributed by atoms with Gasteiger partial charge in [-0.1, -0.05) is 0 Å². The van der Waals surface area contributed by atoms with Gasteiger partial charge < -0.3 is 10.5 Å². The van der Waals surface area contributed by atoms with Crippen LogP contribution in [0.15, 0.2) is 19.9 Å². The van der Waals surface area contributed by atoms with E-state index >= 15 is 0 Å². The van der Waals surface area contributed by atoms with Crippen LogP contribution >= 0.6 is 44.5 Å². The Hall–Kier alpha value is 0.130. The molecule has 0 heterocycles. The minimum atomic E-state index is 0.582. The Morgan fingerprint density at radius 3 is 2.50 bits per heavy atom. The van der Waals surface area contributed by atoms with Crippen LogP contribution in [0, 0.1) is 0 Å². The van der Waals surface area contributed by atoms with Crippen molar-refractivity contribution in [2.45, 2.75) is 4.90 Å². The highest BCUT2D eigenvalue weighted by molar-refractivity contribution is 9.11. The first-order chi connectivity index (χ1) is 5.57. The normalized spacial score (nSPS) is 10.0. The molecular weight excluding hydrogens is 306 g/mol. The molecule has 66 valence electrons.